The number of anilines is 1. The average molecular weight is 395 g/mol. The number of hydrogen-bond donors (Lipinski definition) is 1. The lowest BCUT2D eigenvalue weighted by atomic mass is 10.0. The molecular formula is C24H30N2O3. The minimum absolute atomic E-state index is 0.0264. The number of carbonyl (C=O) groups is 2. The van der Waals surface area contributed by atoms with Crippen molar-refractivity contribution in [1.29, 1.82) is 0 Å². The molecule has 2 aromatic carbocycles. The molecule has 0 aromatic heterocycles. The fourth-order valence-corrected chi connectivity index (χ4v) is 3.45. The van der Waals surface area contributed by atoms with Gasteiger partial charge in [0.15, 0.2) is 0 Å². The van der Waals surface area contributed by atoms with Gasteiger partial charge in [0.1, 0.15) is 17.8 Å². The van der Waals surface area contributed by atoms with Crippen LogP contribution in [0.4, 0.5) is 5.69 Å². The van der Waals surface area contributed by atoms with Gasteiger partial charge in [-0.25, -0.2) is 0 Å². The van der Waals surface area contributed by atoms with Gasteiger partial charge in [-0.2, -0.15) is 0 Å². The summed E-state index contributed by atoms with van der Waals surface area (Å²) in [7, 11) is 0. The van der Waals surface area contributed by atoms with Gasteiger partial charge >= 0.3 is 0 Å². The first kappa shape index (κ1) is 20.9. The minimum Gasteiger partial charge on any atom is -0.489 e. The third-order valence-electron chi connectivity index (χ3n) is 5.23. The molecule has 0 unspecified atom stereocenters. The zero-order chi connectivity index (χ0) is 20.7. The molecule has 5 heteroatoms. The number of nitrogens with one attached hydrogen (secondary N) is 1. The van der Waals surface area contributed by atoms with Crippen molar-refractivity contribution in [2.45, 2.75) is 46.1 Å². The van der Waals surface area contributed by atoms with Gasteiger partial charge in [-0.15, -0.1) is 0 Å². The summed E-state index contributed by atoms with van der Waals surface area (Å²) in [6.07, 6.45) is 3.04. The summed E-state index contributed by atoms with van der Waals surface area (Å²) in [6.45, 7) is 6.01. The van der Waals surface area contributed by atoms with Crippen molar-refractivity contribution in [1.82, 2.24) is 4.90 Å². The van der Waals surface area contributed by atoms with Gasteiger partial charge in [0.25, 0.3) is 0 Å². The second kappa shape index (κ2) is 9.59. The third-order valence-corrected chi connectivity index (χ3v) is 5.23. The van der Waals surface area contributed by atoms with Crippen LogP contribution < -0.4 is 10.1 Å². The molecule has 0 saturated heterocycles. The largest absolute Gasteiger partial charge is 0.489 e. The first-order chi connectivity index (χ1) is 14.1. The monoisotopic (exact) mass is 394 g/mol. The summed E-state index contributed by atoms with van der Waals surface area (Å²) in [5, 5.41) is 2.92. The van der Waals surface area contributed by atoms with Gasteiger partial charge in [0, 0.05) is 18.8 Å². The van der Waals surface area contributed by atoms with Crippen LogP contribution in [0.3, 0.4) is 0 Å². The molecule has 2 aromatic rings. The van der Waals surface area contributed by atoms with E-state index in [1.807, 2.05) is 59.5 Å². The van der Waals surface area contributed by atoms with E-state index >= 15 is 0 Å². The Bertz CT molecular complexity index is 808. The Balaban J connectivity index is 1.58. The molecule has 1 aliphatic carbocycles. The summed E-state index contributed by atoms with van der Waals surface area (Å²) < 4.78 is 5.78. The van der Waals surface area contributed by atoms with Gasteiger partial charge in [-0.05, 0) is 55.5 Å². The Morgan fingerprint density at radius 2 is 1.59 bits per heavy atom. The Hall–Kier alpha value is -2.82. The summed E-state index contributed by atoms with van der Waals surface area (Å²) >= 11 is 0. The Kier molecular flexibility index (Phi) is 6.91. The fraction of sp³-hybridized carbons (Fsp3) is 0.417. The lowest BCUT2D eigenvalue weighted by molar-refractivity contribution is -0.142. The molecule has 29 heavy (non-hydrogen) atoms. The van der Waals surface area contributed by atoms with Crippen LogP contribution in [-0.2, 0) is 16.2 Å². The first-order valence-corrected chi connectivity index (χ1v) is 10.5. The van der Waals surface area contributed by atoms with Gasteiger partial charge in [-0.1, -0.05) is 44.2 Å². The zero-order valence-corrected chi connectivity index (χ0v) is 17.3. The lowest BCUT2D eigenvalue weighted by Gasteiger charge is -2.26. The van der Waals surface area contributed by atoms with Crippen LogP contribution in [-0.4, -0.2) is 29.8 Å². The molecule has 3 rings (SSSR count). The van der Waals surface area contributed by atoms with Crippen molar-refractivity contribution in [2.24, 2.45) is 5.41 Å². The molecule has 0 atom stereocenters. The van der Waals surface area contributed by atoms with E-state index in [1.165, 1.54) is 0 Å². The standard InChI is InChI=1S/C24H30N2O3/c1-3-16-26(17-4-2)23(28)24(14-15-24)22(27)25-20-10-12-21(13-11-20)29-18-19-8-6-5-7-9-19/h5-13H,3-4,14-18H2,1-2H3,(H,25,27). The molecule has 1 fully saturated rings. The van der Waals surface area contributed by atoms with Crippen LogP contribution in [0.1, 0.15) is 45.1 Å². The quantitative estimate of drug-likeness (QED) is 0.598. The van der Waals surface area contributed by atoms with Crippen LogP contribution in [0.25, 0.3) is 0 Å². The van der Waals surface area contributed by atoms with E-state index in [9.17, 15) is 9.59 Å². The lowest BCUT2D eigenvalue weighted by Crippen LogP contribution is -2.43. The zero-order valence-electron chi connectivity index (χ0n) is 17.3. The molecule has 1 N–H and O–H groups in total. The van der Waals surface area contributed by atoms with E-state index in [-0.39, 0.29) is 11.8 Å². The molecular weight excluding hydrogens is 364 g/mol. The second-order valence-electron chi connectivity index (χ2n) is 7.63. The number of hydrogen-bond acceptors (Lipinski definition) is 3. The predicted molar refractivity (Wildman–Crippen MR) is 115 cm³/mol. The summed E-state index contributed by atoms with van der Waals surface area (Å²) in [4.78, 5) is 27.7. The van der Waals surface area contributed by atoms with E-state index in [1.54, 1.807) is 0 Å². The highest BCUT2D eigenvalue weighted by atomic mass is 16.5. The van der Waals surface area contributed by atoms with E-state index in [0.29, 0.717) is 38.2 Å². The number of carbonyl (C=O) groups excluding carboxylic acids is 2. The minimum atomic E-state index is -0.882. The SMILES string of the molecule is CCCN(CCC)C(=O)C1(C(=O)Nc2ccc(OCc3ccccc3)cc2)CC1. The normalized spacial score (nSPS) is 14.1. The molecule has 5 nitrogen and oxygen atoms in total. The third kappa shape index (κ3) is 5.17. The maximum atomic E-state index is 13.0. The molecule has 1 aliphatic rings. The maximum Gasteiger partial charge on any atom is 0.240 e. The van der Waals surface area contributed by atoms with Crippen LogP contribution in [0.5, 0.6) is 5.75 Å². The molecule has 2 amide bonds. The second-order valence-corrected chi connectivity index (χ2v) is 7.63. The highest BCUT2D eigenvalue weighted by Gasteiger charge is 2.57. The van der Waals surface area contributed by atoms with Crippen LogP contribution in [0.15, 0.2) is 54.6 Å². The fourth-order valence-electron chi connectivity index (χ4n) is 3.45. The molecule has 0 aliphatic heterocycles. The number of amides is 2. The van der Waals surface area contributed by atoms with Crippen molar-refractivity contribution in [3.8, 4) is 5.75 Å². The Morgan fingerprint density at radius 1 is 0.966 bits per heavy atom. The van der Waals surface area contributed by atoms with Crippen LogP contribution in [0, 0.1) is 5.41 Å². The van der Waals surface area contributed by atoms with Crippen molar-refractivity contribution in [3.63, 3.8) is 0 Å². The van der Waals surface area contributed by atoms with Gasteiger partial charge in [0.05, 0.1) is 0 Å². The van der Waals surface area contributed by atoms with Crippen molar-refractivity contribution in [2.75, 3.05) is 18.4 Å². The van der Waals surface area contributed by atoms with Gasteiger partial charge in [0.2, 0.25) is 11.8 Å². The van der Waals surface area contributed by atoms with Crippen molar-refractivity contribution < 1.29 is 14.3 Å². The average Bonchev–Trinajstić information content (AvgIpc) is 3.55. The molecule has 0 spiro atoms. The number of ether oxygens (including phenoxy) is 1. The van der Waals surface area contributed by atoms with Gasteiger partial charge < -0.3 is 15.0 Å². The Morgan fingerprint density at radius 3 is 2.14 bits per heavy atom. The van der Waals surface area contributed by atoms with Gasteiger partial charge in [-0.3, -0.25) is 9.59 Å². The maximum absolute atomic E-state index is 13.0. The molecule has 0 heterocycles. The van der Waals surface area contributed by atoms with E-state index < -0.39 is 5.41 Å². The molecule has 0 radical (unpaired) electrons. The molecule has 154 valence electrons. The number of rotatable bonds is 10. The summed E-state index contributed by atoms with van der Waals surface area (Å²) in [5.41, 5.74) is 0.897. The Labute approximate surface area is 173 Å². The van der Waals surface area contributed by atoms with Crippen molar-refractivity contribution >= 4 is 17.5 Å². The van der Waals surface area contributed by atoms with E-state index in [2.05, 4.69) is 19.2 Å². The van der Waals surface area contributed by atoms with Crippen LogP contribution >= 0.6 is 0 Å². The molecule has 1 saturated carbocycles. The smallest absolute Gasteiger partial charge is 0.240 e. The summed E-state index contributed by atoms with van der Waals surface area (Å²) in [6, 6.07) is 17.3. The molecule has 0 bridgehead atoms. The first-order valence-electron chi connectivity index (χ1n) is 10.5. The highest BCUT2D eigenvalue weighted by molar-refractivity contribution is 6.13. The van der Waals surface area contributed by atoms with E-state index in [0.717, 1.165) is 24.2 Å². The predicted octanol–water partition coefficient (Wildman–Crippen LogP) is 4.63. The van der Waals surface area contributed by atoms with E-state index in [4.69, 9.17) is 4.74 Å². The number of nitrogens with zero attached hydrogens (tertiary/aromatic N) is 1. The highest BCUT2D eigenvalue weighted by Crippen LogP contribution is 2.48. The number of benzene rings is 2. The summed E-state index contributed by atoms with van der Waals surface area (Å²) in [5.74, 6) is 0.514. The van der Waals surface area contributed by atoms with Crippen LogP contribution in [0.2, 0.25) is 0 Å². The van der Waals surface area contributed by atoms with Crippen molar-refractivity contribution in [3.05, 3.63) is 60.2 Å². The topological polar surface area (TPSA) is 58.6 Å².